The first-order chi connectivity index (χ1) is 10.0. The zero-order valence-corrected chi connectivity index (χ0v) is 15.7. The summed E-state index contributed by atoms with van der Waals surface area (Å²) < 4.78 is 0. The van der Waals surface area contributed by atoms with Crippen molar-refractivity contribution in [1.82, 2.24) is 15.5 Å². The van der Waals surface area contributed by atoms with E-state index in [0.29, 0.717) is 12.1 Å². The summed E-state index contributed by atoms with van der Waals surface area (Å²) in [7, 11) is 0. The maximum Gasteiger partial charge on any atom is 0.191 e. The molecule has 0 saturated carbocycles. The fourth-order valence-electron chi connectivity index (χ4n) is 2.31. The van der Waals surface area contributed by atoms with Gasteiger partial charge in [0.05, 0.1) is 0 Å². The van der Waals surface area contributed by atoms with Gasteiger partial charge in [-0.2, -0.15) is 11.8 Å². The van der Waals surface area contributed by atoms with Crippen molar-refractivity contribution in [3.63, 3.8) is 0 Å². The average molecular weight is 317 g/mol. The van der Waals surface area contributed by atoms with Crippen LogP contribution in [0, 0.1) is 0 Å². The summed E-state index contributed by atoms with van der Waals surface area (Å²) in [5.41, 5.74) is 0. The molecule has 0 saturated heterocycles. The lowest BCUT2D eigenvalue weighted by molar-refractivity contribution is 0.178. The number of aliphatic imine (C=N–C) groups is 1. The van der Waals surface area contributed by atoms with Gasteiger partial charge in [0.2, 0.25) is 0 Å². The van der Waals surface area contributed by atoms with E-state index in [4.69, 9.17) is 0 Å². The molecule has 0 amide bonds. The van der Waals surface area contributed by atoms with Gasteiger partial charge in [0, 0.05) is 38.3 Å². The number of guanidine groups is 1. The minimum atomic E-state index is 0.581. The Morgan fingerprint density at radius 1 is 1.10 bits per heavy atom. The Labute approximate surface area is 136 Å². The average Bonchev–Trinajstić information content (AvgIpc) is 2.42. The van der Waals surface area contributed by atoms with Gasteiger partial charge in [-0.1, -0.05) is 0 Å². The van der Waals surface area contributed by atoms with Crippen LogP contribution in [0.4, 0.5) is 0 Å². The normalized spacial score (nSPS) is 12.5. The van der Waals surface area contributed by atoms with Gasteiger partial charge in [0.25, 0.3) is 0 Å². The van der Waals surface area contributed by atoms with Crippen LogP contribution in [0.25, 0.3) is 0 Å². The molecule has 0 aliphatic carbocycles. The molecule has 0 heterocycles. The van der Waals surface area contributed by atoms with Crippen molar-refractivity contribution in [3.8, 4) is 0 Å². The van der Waals surface area contributed by atoms with Gasteiger partial charge in [-0.25, -0.2) is 0 Å². The molecular formula is C16H36N4S. The van der Waals surface area contributed by atoms with E-state index in [9.17, 15) is 0 Å². The van der Waals surface area contributed by atoms with Gasteiger partial charge >= 0.3 is 0 Å². The summed E-state index contributed by atoms with van der Waals surface area (Å²) in [5.74, 6) is 2.19. The fourth-order valence-corrected chi connectivity index (χ4v) is 2.80. The highest BCUT2D eigenvalue weighted by atomic mass is 32.2. The number of nitrogens with one attached hydrogen (secondary N) is 2. The first kappa shape index (κ1) is 20.6. The number of hydrogen-bond donors (Lipinski definition) is 2. The molecule has 0 aromatic rings. The predicted molar refractivity (Wildman–Crippen MR) is 98.6 cm³/mol. The molecule has 0 spiro atoms. The van der Waals surface area contributed by atoms with Crippen molar-refractivity contribution in [2.75, 3.05) is 38.2 Å². The molecular weight excluding hydrogens is 280 g/mol. The molecule has 0 aromatic heterocycles. The Hall–Kier alpha value is -0.420. The first-order valence-corrected chi connectivity index (χ1v) is 9.69. The van der Waals surface area contributed by atoms with Crippen LogP contribution >= 0.6 is 11.8 Å². The molecule has 0 aliphatic heterocycles. The van der Waals surface area contributed by atoms with Crippen molar-refractivity contribution >= 4 is 17.7 Å². The van der Waals surface area contributed by atoms with Gasteiger partial charge in [0.1, 0.15) is 0 Å². The number of unbranched alkanes of at least 4 members (excludes halogenated alkanes) is 1. The lowest BCUT2D eigenvalue weighted by Gasteiger charge is -2.30. The van der Waals surface area contributed by atoms with Crippen LogP contribution in [0.15, 0.2) is 4.99 Å². The zero-order valence-electron chi connectivity index (χ0n) is 14.9. The molecule has 0 atom stereocenters. The van der Waals surface area contributed by atoms with Gasteiger partial charge in [-0.05, 0) is 59.5 Å². The third-order valence-electron chi connectivity index (χ3n) is 3.36. The van der Waals surface area contributed by atoms with E-state index in [-0.39, 0.29) is 0 Å². The van der Waals surface area contributed by atoms with Crippen LogP contribution in [0.5, 0.6) is 0 Å². The summed E-state index contributed by atoms with van der Waals surface area (Å²) in [6.07, 6.45) is 4.57. The van der Waals surface area contributed by atoms with Crippen molar-refractivity contribution in [1.29, 1.82) is 0 Å². The second kappa shape index (κ2) is 13.3. The van der Waals surface area contributed by atoms with E-state index in [1.54, 1.807) is 0 Å². The third kappa shape index (κ3) is 10.9. The molecule has 5 heteroatoms. The van der Waals surface area contributed by atoms with E-state index < -0.39 is 0 Å². The number of rotatable bonds is 11. The van der Waals surface area contributed by atoms with Crippen LogP contribution in [0.1, 0.15) is 47.5 Å². The maximum atomic E-state index is 4.64. The predicted octanol–water partition coefficient (Wildman–Crippen LogP) is 2.80. The lowest BCUT2D eigenvalue weighted by atomic mass is 10.2. The van der Waals surface area contributed by atoms with E-state index >= 15 is 0 Å². The van der Waals surface area contributed by atoms with Crippen LogP contribution < -0.4 is 10.6 Å². The Morgan fingerprint density at radius 3 is 2.29 bits per heavy atom. The van der Waals surface area contributed by atoms with E-state index in [0.717, 1.165) is 32.1 Å². The number of thioether (sulfide) groups is 1. The van der Waals surface area contributed by atoms with Gasteiger partial charge in [-0.15, -0.1) is 0 Å². The Kier molecular flexibility index (Phi) is 13.0. The second-order valence-electron chi connectivity index (χ2n) is 5.81. The minimum Gasteiger partial charge on any atom is -0.357 e. The topological polar surface area (TPSA) is 39.7 Å². The summed E-state index contributed by atoms with van der Waals surface area (Å²) in [5, 5.41) is 6.76. The molecule has 0 aliphatic rings. The highest BCUT2D eigenvalue weighted by molar-refractivity contribution is 7.98. The minimum absolute atomic E-state index is 0.581. The smallest absolute Gasteiger partial charge is 0.191 e. The summed E-state index contributed by atoms with van der Waals surface area (Å²) in [4.78, 5) is 7.13. The summed E-state index contributed by atoms with van der Waals surface area (Å²) >= 11 is 1.91. The highest BCUT2D eigenvalue weighted by Crippen LogP contribution is 2.03. The first-order valence-electron chi connectivity index (χ1n) is 8.29. The molecule has 0 bridgehead atoms. The molecule has 126 valence electrons. The molecule has 21 heavy (non-hydrogen) atoms. The Balaban J connectivity index is 4.10. The van der Waals surface area contributed by atoms with Gasteiger partial charge in [-0.3, -0.25) is 9.89 Å². The molecule has 0 fully saturated rings. The standard InChI is InChI=1S/C16H36N4S/c1-7-17-16(18-10-8-9-13-21-6)19-11-12-20(14(2)3)15(4)5/h14-15H,7-13H2,1-6H3,(H2,17,18,19). The van der Waals surface area contributed by atoms with Crippen molar-refractivity contribution in [2.45, 2.75) is 59.5 Å². The maximum absolute atomic E-state index is 4.64. The SMILES string of the molecule is CCNC(=NCCCCSC)NCCN(C(C)C)C(C)C. The summed E-state index contributed by atoms with van der Waals surface area (Å²) in [6.45, 7) is 14.9. The largest absolute Gasteiger partial charge is 0.357 e. The van der Waals surface area contributed by atoms with E-state index in [2.05, 4.69) is 61.4 Å². The zero-order chi connectivity index (χ0) is 16.1. The molecule has 0 radical (unpaired) electrons. The molecule has 0 aromatic carbocycles. The monoisotopic (exact) mass is 316 g/mol. The van der Waals surface area contributed by atoms with Crippen LogP contribution in [0.3, 0.4) is 0 Å². The van der Waals surface area contributed by atoms with Crippen molar-refractivity contribution < 1.29 is 0 Å². The Morgan fingerprint density at radius 2 is 1.76 bits per heavy atom. The highest BCUT2D eigenvalue weighted by Gasteiger charge is 2.12. The van der Waals surface area contributed by atoms with Crippen LogP contribution in [-0.4, -0.2) is 61.1 Å². The van der Waals surface area contributed by atoms with Gasteiger partial charge < -0.3 is 10.6 Å². The van der Waals surface area contributed by atoms with E-state index in [1.165, 1.54) is 18.6 Å². The molecule has 0 rings (SSSR count). The second-order valence-corrected chi connectivity index (χ2v) is 6.80. The molecule has 0 unspecified atom stereocenters. The molecule has 2 N–H and O–H groups in total. The number of hydrogen-bond acceptors (Lipinski definition) is 3. The molecule has 4 nitrogen and oxygen atoms in total. The van der Waals surface area contributed by atoms with Crippen molar-refractivity contribution in [2.24, 2.45) is 4.99 Å². The Bertz CT molecular complexity index is 259. The van der Waals surface area contributed by atoms with Crippen LogP contribution in [-0.2, 0) is 0 Å². The fraction of sp³-hybridized carbons (Fsp3) is 0.938. The summed E-state index contributed by atoms with van der Waals surface area (Å²) in [6, 6.07) is 1.16. The van der Waals surface area contributed by atoms with Crippen molar-refractivity contribution in [3.05, 3.63) is 0 Å². The van der Waals surface area contributed by atoms with Crippen LogP contribution in [0.2, 0.25) is 0 Å². The third-order valence-corrected chi connectivity index (χ3v) is 4.06. The van der Waals surface area contributed by atoms with E-state index in [1.807, 2.05) is 11.8 Å². The lowest BCUT2D eigenvalue weighted by Crippen LogP contribution is -2.45. The number of nitrogens with zero attached hydrogens (tertiary/aromatic N) is 2. The van der Waals surface area contributed by atoms with Gasteiger partial charge in [0.15, 0.2) is 5.96 Å². The quantitative estimate of drug-likeness (QED) is 0.349.